The molecule has 3 nitrogen and oxygen atoms in total. The number of rotatable bonds is 2. The Kier molecular flexibility index (Phi) is 4.63. The van der Waals surface area contributed by atoms with E-state index in [-0.39, 0.29) is 0 Å². The van der Waals surface area contributed by atoms with Crippen molar-refractivity contribution in [2.24, 2.45) is 0 Å². The molecule has 0 saturated heterocycles. The van der Waals surface area contributed by atoms with Crippen molar-refractivity contribution in [1.82, 2.24) is 5.16 Å². The molecule has 0 atom stereocenters. The standard InChI is InChI=1S/C17H21BrN2O/c18-14-10-8-12(9-11-14)15-16(21-20-17(15)19)13-6-4-2-1-3-5-7-13/h8-11,13H,1-7H2,(H2,19,20). The quantitative estimate of drug-likeness (QED) is 0.777. The Balaban J connectivity index is 1.93. The van der Waals surface area contributed by atoms with E-state index in [0.29, 0.717) is 11.7 Å². The molecule has 2 aromatic rings. The van der Waals surface area contributed by atoms with Crippen molar-refractivity contribution in [2.75, 3.05) is 5.73 Å². The molecule has 1 heterocycles. The summed E-state index contributed by atoms with van der Waals surface area (Å²) in [5, 5.41) is 4.04. The Morgan fingerprint density at radius 2 is 1.62 bits per heavy atom. The Labute approximate surface area is 134 Å². The molecule has 1 aromatic heterocycles. The largest absolute Gasteiger partial charge is 0.380 e. The van der Waals surface area contributed by atoms with Gasteiger partial charge in [0.05, 0.1) is 5.56 Å². The average Bonchev–Trinajstić information content (AvgIpc) is 2.81. The highest BCUT2D eigenvalue weighted by atomic mass is 79.9. The summed E-state index contributed by atoms with van der Waals surface area (Å²) >= 11 is 3.47. The molecule has 0 aliphatic heterocycles. The van der Waals surface area contributed by atoms with Crippen molar-refractivity contribution in [1.29, 1.82) is 0 Å². The molecule has 1 aromatic carbocycles. The Morgan fingerprint density at radius 3 is 2.29 bits per heavy atom. The summed E-state index contributed by atoms with van der Waals surface area (Å²) in [4.78, 5) is 0. The first-order valence-corrected chi connectivity index (χ1v) is 8.56. The predicted molar refractivity (Wildman–Crippen MR) is 89.1 cm³/mol. The first-order chi connectivity index (χ1) is 10.3. The molecule has 1 aliphatic carbocycles. The zero-order valence-corrected chi connectivity index (χ0v) is 13.7. The van der Waals surface area contributed by atoms with E-state index in [1.54, 1.807) is 0 Å². The second-order valence-electron chi connectivity index (χ2n) is 5.86. The molecule has 0 bridgehead atoms. The molecular weight excluding hydrogens is 328 g/mol. The van der Waals surface area contributed by atoms with Gasteiger partial charge in [0, 0.05) is 10.4 Å². The number of benzene rings is 1. The molecule has 2 N–H and O–H groups in total. The molecule has 0 spiro atoms. The highest BCUT2D eigenvalue weighted by Crippen LogP contribution is 2.39. The van der Waals surface area contributed by atoms with Crippen molar-refractivity contribution in [2.45, 2.75) is 50.9 Å². The molecule has 0 radical (unpaired) electrons. The SMILES string of the molecule is Nc1noc(C2CCCCCCC2)c1-c1ccc(Br)cc1. The maximum atomic E-state index is 6.07. The van der Waals surface area contributed by atoms with Crippen molar-refractivity contribution in [3.05, 3.63) is 34.5 Å². The van der Waals surface area contributed by atoms with E-state index in [1.807, 2.05) is 12.1 Å². The van der Waals surface area contributed by atoms with E-state index in [4.69, 9.17) is 10.3 Å². The number of nitrogens with two attached hydrogens (primary N) is 1. The molecule has 112 valence electrons. The number of nitrogen functional groups attached to an aromatic ring is 1. The van der Waals surface area contributed by atoms with E-state index in [0.717, 1.165) is 21.4 Å². The summed E-state index contributed by atoms with van der Waals surface area (Å²) in [5.41, 5.74) is 8.16. The summed E-state index contributed by atoms with van der Waals surface area (Å²) < 4.78 is 6.69. The van der Waals surface area contributed by atoms with Crippen LogP contribution in [-0.2, 0) is 0 Å². The molecule has 1 saturated carbocycles. The van der Waals surface area contributed by atoms with Crippen LogP contribution in [0.15, 0.2) is 33.3 Å². The van der Waals surface area contributed by atoms with Crippen LogP contribution in [-0.4, -0.2) is 5.16 Å². The van der Waals surface area contributed by atoms with Gasteiger partial charge in [0.1, 0.15) is 5.76 Å². The molecule has 1 fully saturated rings. The molecule has 1 aliphatic rings. The highest BCUT2D eigenvalue weighted by molar-refractivity contribution is 9.10. The predicted octanol–water partition coefficient (Wildman–Crippen LogP) is 5.51. The number of halogens is 1. The van der Waals surface area contributed by atoms with E-state index in [9.17, 15) is 0 Å². The third-order valence-electron chi connectivity index (χ3n) is 4.35. The molecule has 0 unspecified atom stereocenters. The fourth-order valence-electron chi connectivity index (χ4n) is 3.22. The summed E-state index contributed by atoms with van der Waals surface area (Å²) in [5.74, 6) is 1.94. The van der Waals surface area contributed by atoms with Crippen LogP contribution >= 0.6 is 15.9 Å². The number of anilines is 1. The van der Waals surface area contributed by atoms with Crippen molar-refractivity contribution in [3.8, 4) is 11.1 Å². The fourth-order valence-corrected chi connectivity index (χ4v) is 3.48. The second kappa shape index (κ2) is 6.65. The second-order valence-corrected chi connectivity index (χ2v) is 6.77. The van der Waals surface area contributed by atoms with Crippen LogP contribution in [0.25, 0.3) is 11.1 Å². The van der Waals surface area contributed by atoms with Crippen LogP contribution in [0.5, 0.6) is 0 Å². The Bertz CT molecular complexity index is 583. The minimum absolute atomic E-state index is 0.453. The summed E-state index contributed by atoms with van der Waals surface area (Å²) in [7, 11) is 0. The highest BCUT2D eigenvalue weighted by Gasteiger charge is 2.24. The minimum Gasteiger partial charge on any atom is -0.380 e. The van der Waals surface area contributed by atoms with Crippen LogP contribution < -0.4 is 5.73 Å². The van der Waals surface area contributed by atoms with Gasteiger partial charge < -0.3 is 10.3 Å². The first kappa shape index (κ1) is 14.6. The van der Waals surface area contributed by atoms with Gasteiger partial charge in [-0.3, -0.25) is 0 Å². The fraction of sp³-hybridized carbons (Fsp3) is 0.471. The number of hydrogen-bond donors (Lipinski definition) is 1. The molecular formula is C17H21BrN2O. The first-order valence-electron chi connectivity index (χ1n) is 7.76. The normalized spacial score (nSPS) is 17.4. The molecule has 0 amide bonds. The number of hydrogen-bond acceptors (Lipinski definition) is 3. The van der Waals surface area contributed by atoms with Crippen LogP contribution in [0.3, 0.4) is 0 Å². The van der Waals surface area contributed by atoms with E-state index in [1.165, 1.54) is 44.9 Å². The van der Waals surface area contributed by atoms with Gasteiger partial charge in [-0.15, -0.1) is 0 Å². The zero-order valence-electron chi connectivity index (χ0n) is 12.1. The Hall–Kier alpha value is -1.29. The summed E-state index contributed by atoms with van der Waals surface area (Å²) in [6.07, 6.45) is 8.92. The monoisotopic (exact) mass is 348 g/mol. The third kappa shape index (κ3) is 3.31. The van der Waals surface area contributed by atoms with Crippen molar-refractivity contribution in [3.63, 3.8) is 0 Å². The summed E-state index contributed by atoms with van der Waals surface area (Å²) in [6.45, 7) is 0. The van der Waals surface area contributed by atoms with Gasteiger partial charge in [-0.25, -0.2) is 0 Å². The lowest BCUT2D eigenvalue weighted by Crippen LogP contribution is -2.03. The molecule has 4 heteroatoms. The van der Waals surface area contributed by atoms with E-state index >= 15 is 0 Å². The summed E-state index contributed by atoms with van der Waals surface area (Å²) in [6, 6.07) is 8.20. The van der Waals surface area contributed by atoms with Gasteiger partial charge in [-0.2, -0.15) is 0 Å². The third-order valence-corrected chi connectivity index (χ3v) is 4.88. The van der Waals surface area contributed by atoms with Crippen LogP contribution in [0.1, 0.15) is 56.6 Å². The van der Waals surface area contributed by atoms with Crippen LogP contribution in [0.4, 0.5) is 5.82 Å². The molecule has 21 heavy (non-hydrogen) atoms. The van der Waals surface area contributed by atoms with Gasteiger partial charge in [0.15, 0.2) is 5.82 Å². The lowest BCUT2D eigenvalue weighted by atomic mass is 9.86. The van der Waals surface area contributed by atoms with Gasteiger partial charge in [0.2, 0.25) is 0 Å². The molecule has 3 rings (SSSR count). The maximum absolute atomic E-state index is 6.07. The van der Waals surface area contributed by atoms with Crippen molar-refractivity contribution >= 4 is 21.7 Å². The smallest absolute Gasteiger partial charge is 0.175 e. The topological polar surface area (TPSA) is 52.0 Å². The lowest BCUT2D eigenvalue weighted by Gasteiger charge is -2.18. The van der Waals surface area contributed by atoms with E-state index in [2.05, 4.69) is 33.2 Å². The van der Waals surface area contributed by atoms with E-state index < -0.39 is 0 Å². The van der Waals surface area contributed by atoms with Gasteiger partial charge in [0.25, 0.3) is 0 Å². The van der Waals surface area contributed by atoms with Gasteiger partial charge in [-0.05, 0) is 30.5 Å². The minimum atomic E-state index is 0.453. The van der Waals surface area contributed by atoms with Crippen LogP contribution in [0.2, 0.25) is 0 Å². The zero-order chi connectivity index (χ0) is 14.7. The lowest BCUT2D eigenvalue weighted by molar-refractivity contribution is 0.332. The maximum Gasteiger partial charge on any atom is 0.175 e. The van der Waals surface area contributed by atoms with Gasteiger partial charge >= 0.3 is 0 Å². The van der Waals surface area contributed by atoms with Gasteiger partial charge in [-0.1, -0.05) is 65.3 Å². The average molecular weight is 349 g/mol. The van der Waals surface area contributed by atoms with Crippen LogP contribution in [0, 0.1) is 0 Å². The van der Waals surface area contributed by atoms with Crippen molar-refractivity contribution < 1.29 is 4.52 Å². The number of nitrogens with zero attached hydrogens (tertiary/aromatic N) is 1. The number of aromatic nitrogens is 1. The Morgan fingerprint density at radius 1 is 1.00 bits per heavy atom.